The van der Waals surface area contributed by atoms with Crippen LogP contribution in [0.15, 0.2) is 36.2 Å². The number of hydrogen-bond donors (Lipinski definition) is 1. The number of carbonyl (C=O) groups excluding carboxylic acids is 2. The van der Waals surface area contributed by atoms with E-state index in [0.717, 1.165) is 18.5 Å². The van der Waals surface area contributed by atoms with Crippen LogP contribution >= 0.6 is 0 Å². The zero-order chi connectivity index (χ0) is 16.9. The number of allylic oxidation sites excluding steroid dienone is 1. The van der Waals surface area contributed by atoms with Crippen LogP contribution in [0.25, 0.3) is 0 Å². The summed E-state index contributed by atoms with van der Waals surface area (Å²) in [4.78, 5) is 30.4. The molecule has 1 aliphatic heterocycles. The fraction of sp³-hybridized carbons (Fsp3) is 0.471. The predicted molar refractivity (Wildman–Crippen MR) is 86.3 cm³/mol. The Bertz CT molecular complexity index is 591. The Balaban J connectivity index is 2.04. The minimum Gasteiger partial charge on any atom is -0.444 e. The molecule has 2 amide bonds. The number of hydrogen-bond acceptors (Lipinski definition) is 4. The molecule has 2 heterocycles. The molecule has 23 heavy (non-hydrogen) atoms. The van der Waals surface area contributed by atoms with Crippen LogP contribution in [-0.2, 0) is 16.1 Å². The molecule has 0 unspecified atom stereocenters. The van der Waals surface area contributed by atoms with Gasteiger partial charge >= 0.3 is 6.09 Å². The lowest BCUT2D eigenvalue weighted by Crippen LogP contribution is -2.39. The fourth-order valence-electron chi connectivity index (χ4n) is 2.24. The van der Waals surface area contributed by atoms with Gasteiger partial charge in [0.2, 0.25) is 0 Å². The van der Waals surface area contributed by atoms with Crippen molar-refractivity contribution in [2.75, 3.05) is 6.54 Å². The maximum absolute atomic E-state index is 12.6. The maximum Gasteiger partial charge on any atom is 0.412 e. The summed E-state index contributed by atoms with van der Waals surface area (Å²) < 4.78 is 5.21. The van der Waals surface area contributed by atoms with E-state index in [1.54, 1.807) is 37.9 Å². The highest BCUT2D eigenvalue weighted by molar-refractivity contribution is 5.96. The van der Waals surface area contributed by atoms with Gasteiger partial charge in [-0.2, -0.15) is 0 Å². The summed E-state index contributed by atoms with van der Waals surface area (Å²) in [5.74, 6) is -0.209. The summed E-state index contributed by atoms with van der Waals surface area (Å²) in [7, 11) is 0. The highest BCUT2D eigenvalue weighted by Crippen LogP contribution is 2.14. The van der Waals surface area contributed by atoms with E-state index >= 15 is 0 Å². The van der Waals surface area contributed by atoms with Gasteiger partial charge in [0.25, 0.3) is 5.91 Å². The maximum atomic E-state index is 12.6. The van der Waals surface area contributed by atoms with Gasteiger partial charge in [0.1, 0.15) is 11.3 Å². The van der Waals surface area contributed by atoms with Crippen LogP contribution in [0.4, 0.5) is 4.79 Å². The molecule has 1 aromatic rings. The first-order valence-electron chi connectivity index (χ1n) is 7.74. The second-order valence-electron chi connectivity index (χ2n) is 6.43. The third-order valence-corrected chi connectivity index (χ3v) is 3.21. The Labute approximate surface area is 136 Å². The highest BCUT2D eigenvalue weighted by Gasteiger charge is 2.24. The van der Waals surface area contributed by atoms with Gasteiger partial charge in [-0.3, -0.25) is 15.1 Å². The molecular formula is C17H23N3O3. The zero-order valence-corrected chi connectivity index (χ0v) is 13.8. The smallest absolute Gasteiger partial charge is 0.412 e. The molecule has 1 N–H and O–H groups in total. The summed E-state index contributed by atoms with van der Waals surface area (Å²) in [6.07, 6.45) is 4.42. The minimum absolute atomic E-state index is 0.209. The molecule has 1 aromatic heterocycles. The van der Waals surface area contributed by atoms with Gasteiger partial charge in [-0.25, -0.2) is 4.79 Å². The van der Waals surface area contributed by atoms with Gasteiger partial charge in [0.15, 0.2) is 0 Å². The highest BCUT2D eigenvalue weighted by atomic mass is 16.6. The molecule has 1 aliphatic rings. The predicted octanol–water partition coefficient (Wildman–Crippen LogP) is 2.61. The van der Waals surface area contributed by atoms with Crippen molar-refractivity contribution in [1.29, 1.82) is 0 Å². The van der Waals surface area contributed by atoms with E-state index in [4.69, 9.17) is 4.74 Å². The summed E-state index contributed by atoms with van der Waals surface area (Å²) in [5.41, 5.74) is 0.485. The lowest BCUT2D eigenvalue weighted by atomic mass is 10.2. The summed E-state index contributed by atoms with van der Waals surface area (Å²) >= 11 is 0. The van der Waals surface area contributed by atoms with Crippen molar-refractivity contribution < 1.29 is 14.3 Å². The van der Waals surface area contributed by atoms with Crippen LogP contribution in [-0.4, -0.2) is 34.0 Å². The molecular weight excluding hydrogens is 294 g/mol. The molecule has 0 radical (unpaired) electrons. The van der Waals surface area contributed by atoms with Crippen molar-refractivity contribution in [3.63, 3.8) is 0 Å². The van der Waals surface area contributed by atoms with Crippen LogP contribution in [0.1, 0.15) is 39.3 Å². The van der Waals surface area contributed by atoms with E-state index in [1.807, 2.05) is 18.2 Å². The monoisotopic (exact) mass is 317 g/mol. The van der Waals surface area contributed by atoms with Crippen LogP contribution in [0.2, 0.25) is 0 Å². The third kappa shape index (κ3) is 5.39. The molecule has 0 aromatic carbocycles. The van der Waals surface area contributed by atoms with E-state index in [9.17, 15) is 9.59 Å². The number of ether oxygens (including phenoxy) is 1. The quantitative estimate of drug-likeness (QED) is 0.930. The first kappa shape index (κ1) is 17.0. The second-order valence-corrected chi connectivity index (χ2v) is 6.43. The number of amides is 2. The number of nitrogens with one attached hydrogen (secondary N) is 1. The van der Waals surface area contributed by atoms with Gasteiger partial charge in [-0.15, -0.1) is 0 Å². The summed E-state index contributed by atoms with van der Waals surface area (Å²) in [5, 5.41) is 2.57. The van der Waals surface area contributed by atoms with Crippen LogP contribution in [0.3, 0.4) is 0 Å². The standard InChI is InChI=1S/C17H23N3O3/c1-17(2,3)23-16(22)19-14-9-5-7-11-20(15(14)21)12-13-8-4-6-10-18-13/h4,6,8-10H,5,7,11-12H2,1-3H3,(H,19,22). The van der Waals surface area contributed by atoms with E-state index in [-0.39, 0.29) is 11.6 Å². The minimum atomic E-state index is -0.614. The largest absolute Gasteiger partial charge is 0.444 e. The lowest BCUT2D eigenvalue weighted by Gasteiger charge is -2.23. The third-order valence-electron chi connectivity index (χ3n) is 3.21. The number of alkyl carbamates (subject to hydrolysis) is 1. The van der Waals surface area contributed by atoms with Gasteiger partial charge < -0.3 is 9.64 Å². The Morgan fingerprint density at radius 1 is 1.39 bits per heavy atom. The molecule has 0 atom stereocenters. The Kier molecular flexibility index (Phi) is 5.36. The van der Waals surface area contributed by atoms with E-state index < -0.39 is 11.7 Å². The van der Waals surface area contributed by atoms with Gasteiger partial charge in [-0.05, 0) is 45.7 Å². The fourth-order valence-corrected chi connectivity index (χ4v) is 2.24. The van der Waals surface area contributed by atoms with Crippen LogP contribution in [0.5, 0.6) is 0 Å². The van der Waals surface area contributed by atoms with E-state index in [0.29, 0.717) is 13.1 Å². The SMILES string of the molecule is CC(C)(C)OC(=O)NC1=CCCCN(Cc2ccccn2)C1=O. The lowest BCUT2D eigenvalue weighted by molar-refractivity contribution is -0.128. The number of aromatic nitrogens is 1. The van der Waals surface area contributed by atoms with Crippen molar-refractivity contribution in [2.24, 2.45) is 0 Å². The van der Waals surface area contributed by atoms with Crippen molar-refractivity contribution in [1.82, 2.24) is 15.2 Å². The molecule has 0 bridgehead atoms. The van der Waals surface area contributed by atoms with Gasteiger partial charge in [-0.1, -0.05) is 12.1 Å². The molecule has 0 saturated carbocycles. The number of nitrogens with zero attached hydrogens (tertiary/aromatic N) is 2. The first-order chi connectivity index (χ1) is 10.8. The number of rotatable bonds is 3. The molecule has 6 heteroatoms. The molecule has 0 fully saturated rings. The normalized spacial score (nSPS) is 15.7. The number of carbonyl (C=O) groups is 2. The molecule has 0 saturated heterocycles. The van der Waals surface area contributed by atoms with Gasteiger partial charge in [0, 0.05) is 12.7 Å². The average molecular weight is 317 g/mol. The van der Waals surface area contributed by atoms with Gasteiger partial charge in [0.05, 0.1) is 12.2 Å². The van der Waals surface area contributed by atoms with Crippen LogP contribution in [0, 0.1) is 0 Å². The topological polar surface area (TPSA) is 71.5 Å². The van der Waals surface area contributed by atoms with E-state index in [1.165, 1.54) is 0 Å². The number of pyridine rings is 1. The molecule has 2 rings (SSSR count). The first-order valence-corrected chi connectivity index (χ1v) is 7.74. The molecule has 6 nitrogen and oxygen atoms in total. The Morgan fingerprint density at radius 3 is 2.83 bits per heavy atom. The van der Waals surface area contributed by atoms with Crippen molar-refractivity contribution >= 4 is 12.0 Å². The van der Waals surface area contributed by atoms with Crippen molar-refractivity contribution in [2.45, 2.75) is 45.8 Å². The second kappa shape index (κ2) is 7.26. The molecule has 0 aliphatic carbocycles. The average Bonchev–Trinajstić information content (AvgIpc) is 2.62. The summed E-state index contributed by atoms with van der Waals surface area (Å²) in [6, 6.07) is 5.60. The Morgan fingerprint density at radius 2 is 2.17 bits per heavy atom. The zero-order valence-electron chi connectivity index (χ0n) is 13.8. The van der Waals surface area contributed by atoms with Crippen LogP contribution < -0.4 is 5.32 Å². The van der Waals surface area contributed by atoms with E-state index in [2.05, 4.69) is 10.3 Å². The molecule has 124 valence electrons. The van der Waals surface area contributed by atoms with Crippen molar-refractivity contribution in [3.05, 3.63) is 41.9 Å². The summed E-state index contributed by atoms with van der Waals surface area (Å²) in [6.45, 7) is 6.40. The van der Waals surface area contributed by atoms with Crippen molar-refractivity contribution in [3.8, 4) is 0 Å². The Hall–Kier alpha value is -2.37. The molecule has 0 spiro atoms.